The number of hydrogen-bond donors (Lipinski definition) is 2. The molecule has 1 aliphatic rings. The summed E-state index contributed by atoms with van der Waals surface area (Å²) in [7, 11) is 0. The van der Waals surface area contributed by atoms with Crippen molar-refractivity contribution in [2.24, 2.45) is 11.8 Å². The van der Waals surface area contributed by atoms with Gasteiger partial charge in [-0.15, -0.1) is 0 Å². The van der Waals surface area contributed by atoms with Crippen molar-refractivity contribution in [2.45, 2.75) is 19.3 Å². The van der Waals surface area contributed by atoms with Gasteiger partial charge >= 0.3 is 0 Å². The van der Waals surface area contributed by atoms with Crippen molar-refractivity contribution in [3.8, 4) is 0 Å². The van der Waals surface area contributed by atoms with Gasteiger partial charge in [-0.2, -0.15) is 0 Å². The summed E-state index contributed by atoms with van der Waals surface area (Å²) >= 11 is 0. The van der Waals surface area contributed by atoms with Crippen molar-refractivity contribution < 1.29 is 4.79 Å². The van der Waals surface area contributed by atoms with Gasteiger partial charge in [0.1, 0.15) is 0 Å². The first-order chi connectivity index (χ1) is 7.81. The Hall–Kier alpha value is -1.68. The molecular weight excluding hydrogens is 202 g/mol. The molecule has 84 valence electrons. The third kappa shape index (κ3) is 2.28. The number of nitrogens with one attached hydrogen (secondary N) is 1. The van der Waals surface area contributed by atoms with Crippen LogP contribution in [0.3, 0.4) is 0 Å². The lowest BCUT2D eigenvalue weighted by atomic mass is 9.88. The number of carbonyl (C=O) groups excluding carboxylic acids is 1. The van der Waals surface area contributed by atoms with Gasteiger partial charge in [0.2, 0.25) is 5.91 Å². The lowest BCUT2D eigenvalue weighted by molar-refractivity contribution is -0.125. The van der Waals surface area contributed by atoms with Crippen molar-refractivity contribution in [1.82, 2.24) is 10.4 Å². The average molecular weight is 217 g/mol. The Kier molecular flexibility index (Phi) is 3.31. The topological polar surface area (TPSA) is 68.0 Å². The smallest absolute Gasteiger partial charge is 0.237 e. The van der Waals surface area contributed by atoms with Crippen molar-refractivity contribution in [3.63, 3.8) is 0 Å². The SMILES string of the molecule is NNC(=O)C1CC=C(c2ccccn2)CC1. The molecule has 1 amide bonds. The Morgan fingerprint density at radius 1 is 1.50 bits per heavy atom. The summed E-state index contributed by atoms with van der Waals surface area (Å²) in [5.41, 5.74) is 4.44. The monoisotopic (exact) mass is 217 g/mol. The zero-order chi connectivity index (χ0) is 11.4. The molecule has 0 radical (unpaired) electrons. The molecule has 0 saturated heterocycles. The molecule has 2 rings (SSSR count). The van der Waals surface area contributed by atoms with Crippen LogP contribution in [0.15, 0.2) is 30.5 Å². The first kappa shape index (κ1) is 10.8. The quantitative estimate of drug-likeness (QED) is 0.445. The summed E-state index contributed by atoms with van der Waals surface area (Å²) in [4.78, 5) is 15.6. The summed E-state index contributed by atoms with van der Waals surface area (Å²) in [6, 6.07) is 5.87. The van der Waals surface area contributed by atoms with Crippen LogP contribution in [-0.4, -0.2) is 10.9 Å². The van der Waals surface area contributed by atoms with E-state index in [2.05, 4.69) is 16.5 Å². The van der Waals surface area contributed by atoms with Crippen LogP contribution in [-0.2, 0) is 4.79 Å². The van der Waals surface area contributed by atoms with Gasteiger partial charge in [0.15, 0.2) is 0 Å². The van der Waals surface area contributed by atoms with Gasteiger partial charge in [-0.25, -0.2) is 5.84 Å². The maximum atomic E-state index is 11.3. The Morgan fingerprint density at radius 3 is 2.94 bits per heavy atom. The highest BCUT2D eigenvalue weighted by molar-refractivity contribution is 5.79. The second-order valence-electron chi connectivity index (χ2n) is 3.92. The number of rotatable bonds is 2. The molecule has 0 aromatic carbocycles. The number of hydrazine groups is 1. The predicted molar refractivity (Wildman–Crippen MR) is 61.9 cm³/mol. The first-order valence-electron chi connectivity index (χ1n) is 5.42. The van der Waals surface area contributed by atoms with Crippen LogP contribution in [0.4, 0.5) is 0 Å². The molecule has 1 heterocycles. The predicted octanol–water partition coefficient (Wildman–Crippen LogP) is 1.25. The van der Waals surface area contributed by atoms with Crippen LogP contribution < -0.4 is 11.3 Å². The van der Waals surface area contributed by atoms with E-state index in [0.29, 0.717) is 0 Å². The maximum Gasteiger partial charge on any atom is 0.237 e. The Morgan fingerprint density at radius 2 is 2.38 bits per heavy atom. The van der Waals surface area contributed by atoms with Crippen molar-refractivity contribution in [1.29, 1.82) is 0 Å². The second-order valence-corrected chi connectivity index (χ2v) is 3.92. The van der Waals surface area contributed by atoms with Gasteiger partial charge in [0, 0.05) is 12.1 Å². The van der Waals surface area contributed by atoms with Crippen molar-refractivity contribution in [3.05, 3.63) is 36.2 Å². The highest BCUT2D eigenvalue weighted by Crippen LogP contribution is 2.28. The number of nitrogens with zero attached hydrogens (tertiary/aromatic N) is 1. The molecule has 0 bridgehead atoms. The third-order valence-corrected chi connectivity index (χ3v) is 2.92. The van der Waals surface area contributed by atoms with E-state index in [-0.39, 0.29) is 11.8 Å². The van der Waals surface area contributed by atoms with Crippen LogP contribution in [0.2, 0.25) is 0 Å². The van der Waals surface area contributed by atoms with Crippen LogP contribution in [0.25, 0.3) is 5.57 Å². The summed E-state index contributed by atoms with van der Waals surface area (Å²) in [6.07, 6.45) is 6.34. The molecule has 1 aromatic rings. The van der Waals surface area contributed by atoms with E-state index in [1.54, 1.807) is 6.20 Å². The van der Waals surface area contributed by atoms with E-state index >= 15 is 0 Å². The standard InChI is InChI=1S/C12H15N3O/c13-15-12(16)10-6-4-9(5-7-10)11-3-1-2-8-14-11/h1-4,8,10H,5-7,13H2,(H,15,16). The average Bonchev–Trinajstić information content (AvgIpc) is 2.39. The molecular formula is C12H15N3O. The van der Waals surface area contributed by atoms with Gasteiger partial charge < -0.3 is 0 Å². The summed E-state index contributed by atoms with van der Waals surface area (Å²) in [5, 5.41) is 0. The van der Waals surface area contributed by atoms with Gasteiger partial charge in [0.25, 0.3) is 0 Å². The molecule has 16 heavy (non-hydrogen) atoms. The maximum absolute atomic E-state index is 11.3. The minimum atomic E-state index is -0.0729. The summed E-state index contributed by atoms with van der Waals surface area (Å²) in [5.74, 6) is 5.05. The van der Waals surface area contributed by atoms with E-state index in [1.807, 2.05) is 18.2 Å². The number of allylic oxidation sites excluding steroid dienone is 2. The zero-order valence-corrected chi connectivity index (χ0v) is 9.02. The van der Waals surface area contributed by atoms with E-state index in [1.165, 1.54) is 5.57 Å². The highest BCUT2D eigenvalue weighted by atomic mass is 16.2. The number of aromatic nitrogens is 1. The zero-order valence-electron chi connectivity index (χ0n) is 9.02. The lowest BCUT2D eigenvalue weighted by Crippen LogP contribution is -2.36. The molecule has 1 atom stereocenters. The van der Waals surface area contributed by atoms with E-state index in [4.69, 9.17) is 5.84 Å². The number of carbonyl (C=O) groups is 1. The second kappa shape index (κ2) is 4.90. The molecule has 1 aliphatic carbocycles. The van der Waals surface area contributed by atoms with E-state index in [9.17, 15) is 4.79 Å². The number of nitrogens with two attached hydrogens (primary N) is 1. The minimum absolute atomic E-state index is 0.0115. The molecule has 1 aromatic heterocycles. The van der Waals surface area contributed by atoms with Crippen LogP contribution in [0.1, 0.15) is 25.0 Å². The Balaban J connectivity index is 2.07. The number of hydrogen-bond acceptors (Lipinski definition) is 3. The molecule has 0 aliphatic heterocycles. The largest absolute Gasteiger partial charge is 0.294 e. The fraction of sp³-hybridized carbons (Fsp3) is 0.333. The summed E-state index contributed by atoms with van der Waals surface area (Å²) < 4.78 is 0. The molecule has 4 heteroatoms. The molecule has 4 nitrogen and oxygen atoms in total. The third-order valence-electron chi connectivity index (χ3n) is 2.92. The van der Waals surface area contributed by atoms with Gasteiger partial charge in [-0.05, 0) is 37.0 Å². The Bertz CT molecular complexity index is 400. The fourth-order valence-electron chi connectivity index (χ4n) is 1.98. The fourth-order valence-corrected chi connectivity index (χ4v) is 1.98. The molecule has 0 spiro atoms. The molecule has 0 saturated carbocycles. The Labute approximate surface area is 94.5 Å². The normalized spacial score (nSPS) is 20.1. The van der Waals surface area contributed by atoms with Gasteiger partial charge in [-0.1, -0.05) is 12.1 Å². The van der Waals surface area contributed by atoms with Crippen LogP contribution >= 0.6 is 0 Å². The molecule has 3 N–H and O–H groups in total. The number of pyridine rings is 1. The highest BCUT2D eigenvalue weighted by Gasteiger charge is 2.21. The number of amides is 1. The van der Waals surface area contributed by atoms with Gasteiger partial charge in [-0.3, -0.25) is 15.2 Å². The minimum Gasteiger partial charge on any atom is -0.294 e. The first-order valence-corrected chi connectivity index (χ1v) is 5.42. The van der Waals surface area contributed by atoms with Crippen molar-refractivity contribution in [2.75, 3.05) is 0 Å². The lowest BCUT2D eigenvalue weighted by Gasteiger charge is -2.19. The van der Waals surface area contributed by atoms with Gasteiger partial charge in [0.05, 0.1) is 5.69 Å². The van der Waals surface area contributed by atoms with Crippen LogP contribution in [0.5, 0.6) is 0 Å². The molecule has 1 unspecified atom stereocenters. The van der Waals surface area contributed by atoms with E-state index < -0.39 is 0 Å². The van der Waals surface area contributed by atoms with E-state index in [0.717, 1.165) is 25.0 Å². The van der Waals surface area contributed by atoms with Crippen molar-refractivity contribution >= 4 is 11.5 Å². The summed E-state index contributed by atoms with van der Waals surface area (Å²) in [6.45, 7) is 0. The molecule has 0 fully saturated rings. The van der Waals surface area contributed by atoms with Crippen LogP contribution in [0, 0.1) is 5.92 Å².